The highest BCUT2D eigenvalue weighted by atomic mass is 31.2. The van der Waals surface area contributed by atoms with Crippen molar-refractivity contribution in [2.45, 2.75) is 116 Å². The molecule has 1 aromatic carbocycles. The van der Waals surface area contributed by atoms with Crippen molar-refractivity contribution < 1.29 is 28.2 Å². The van der Waals surface area contributed by atoms with E-state index in [9.17, 15) is 9.69 Å². The van der Waals surface area contributed by atoms with E-state index >= 15 is 0 Å². The molecular formula is C30H54NO6P. The van der Waals surface area contributed by atoms with Gasteiger partial charge in [-0.3, -0.25) is 4.79 Å². The summed E-state index contributed by atoms with van der Waals surface area (Å²) in [6.45, 7) is 7.19. The molecule has 0 radical (unpaired) electrons. The Labute approximate surface area is 233 Å². The third-order valence-electron chi connectivity index (χ3n) is 6.52. The van der Waals surface area contributed by atoms with Gasteiger partial charge in [-0.2, -0.15) is 0 Å². The number of nitrogens with one attached hydrogen (secondary N) is 1. The molecular weight excluding hydrogens is 501 g/mol. The van der Waals surface area contributed by atoms with Crippen LogP contribution in [0, 0.1) is 0 Å². The second-order valence-corrected chi connectivity index (χ2v) is 10.8. The smallest absolute Gasteiger partial charge is 0.329 e. The lowest BCUT2D eigenvalue weighted by Crippen LogP contribution is -2.26. The topological polar surface area (TPSA) is 86.2 Å². The van der Waals surface area contributed by atoms with Crippen molar-refractivity contribution >= 4 is 15.1 Å². The minimum atomic E-state index is -2.01. The highest BCUT2D eigenvalue weighted by molar-refractivity contribution is 7.40. The van der Waals surface area contributed by atoms with Crippen molar-refractivity contribution in [2.24, 2.45) is 0 Å². The standard InChI is InChI=1S/C30H54NO6P/c1-3-5-6-7-8-9-10-11-12-13-14-15-20-28-21-16-17-22-30(28)34-25-29(35-27-32)26-37-38(33)36-24-19-18-23-31-4-2/h16-17,21-22,27,29,31,33H,3-15,18-20,23-26H2,1-2H3. The molecule has 0 heterocycles. The van der Waals surface area contributed by atoms with Crippen molar-refractivity contribution in [3.8, 4) is 5.75 Å². The molecule has 0 aliphatic carbocycles. The highest BCUT2D eigenvalue weighted by Crippen LogP contribution is 2.33. The van der Waals surface area contributed by atoms with Gasteiger partial charge >= 0.3 is 8.60 Å². The van der Waals surface area contributed by atoms with Gasteiger partial charge < -0.3 is 28.7 Å². The van der Waals surface area contributed by atoms with Gasteiger partial charge in [0.2, 0.25) is 0 Å². The molecule has 1 aromatic rings. The lowest BCUT2D eigenvalue weighted by atomic mass is 10.0. The molecule has 8 heteroatoms. The molecule has 0 aromatic heterocycles. The van der Waals surface area contributed by atoms with E-state index in [-0.39, 0.29) is 13.2 Å². The Morgan fingerprint density at radius 2 is 1.50 bits per heavy atom. The zero-order chi connectivity index (χ0) is 27.5. The SMILES string of the molecule is CCCCCCCCCCCCCCc1ccccc1OCC(COP(O)OCCCCNCC)OC=O. The number of para-hydroxylation sites is 1. The minimum absolute atomic E-state index is 0.0131. The molecule has 0 aliphatic heterocycles. The summed E-state index contributed by atoms with van der Waals surface area (Å²) in [6.07, 6.45) is 18.1. The molecule has 2 N–H and O–H groups in total. The van der Waals surface area contributed by atoms with E-state index in [1.165, 1.54) is 70.6 Å². The molecule has 0 saturated carbocycles. The third-order valence-corrected chi connectivity index (χ3v) is 7.29. The first kappa shape index (κ1) is 34.8. The second-order valence-electron chi connectivity index (χ2n) is 9.84. The van der Waals surface area contributed by atoms with Crippen molar-refractivity contribution in [3.05, 3.63) is 29.8 Å². The summed E-state index contributed by atoms with van der Waals surface area (Å²) < 4.78 is 21.8. The molecule has 38 heavy (non-hydrogen) atoms. The maximum Gasteiger partial charge on any atom is 0.329 e. The van der Waals surface area contributed by atoms with E-state index in [4.69, 9.17) is 18.5 Å². The zero-order valence-electron chi connectivity index (χ0n) is 24.0. The summed E-state index contributed by atoms with van der Waals surface area (Å²) in [5.41, 5.74) is 1.16. The summed E-state index contributed by atoms with van der Waals surface area (Å²) >= 11 is 0. The lowest BCUT2D eigenvalue weighted by Gasteiger charge is -2.19. The van der Waals surface area contributed by atoms with E-state index in [0.29, 0.717) is 13.1 Å². The number of hydrogen-bond donors (Lipinski definition) is 2. The van der Waals surface area contributed by atoms with Crippen LogP contribution in [0.25, 0.3) is 0 Å². The molecule has 220 valence electrons. The van der Waals surface area contributed by atoms with Gasteiger partial charge in [0.25, 0.3) is 6.47 Å². The van der Waals surface area contributed by atoms with E-state index in [1.807, 2.05) is 18.2 Å². The van der Waals surface area contributed by atoms with Crippen LogP contribution in [0.15, 0.2) is 24.3 Å². The number of carbonyl (C=O) groups is 1. The van der Waals surface area contributed by atoms with Crippen LogP contribution < -0.4 is 10.1 Å². The first-order chi connectivity index (χ1) is 18.7. The van der Waals surface area contributed by atoms with Gasteiger partial charge in [0.15, 0.2) is 6.10 Å². The fourth-order valence-electron chi connectivity index (χ4n) is 4.25. The fourth-order valence-corrected chi connectivity index (χ4v) is 4.90. The van der Waals surface area contributed by atoms with Crippen molar-refractivity contribution in [3.63, 3.8) is 0 Å². The van der Waals surface area contributed by atoms with Gasteiger partial charge in [-0.15, -0.1) is 0 Å². The second kappa shape index (κ2) is 26.0. The maximum absolute atomic E-state index is 10.9. The lowest BCUT2D eigenvalue weighted by molar-refractivity contribution is -0.136. The van der Waals surface area contributed by atoms with Crippen molar-refractivity contribution in [2.75, 3.05) is 32.9 Å². The Balaban J connectivity index is 2.23. The Morgan fingerprint density at radius 3 is 2.16 bits per heavy atom. The van der Waals surface area contributed by atoms with Crippen LogP contribution in [0.4, 0.5) is 0 Å². The highest BCUT2D eigenvalue weighted by Gasteiger charge is 2.16. The number of aryl methyl sites for hydroxylation is 1. The number of ether oxygens (including phenoxy) is 2. The molecule has 0 fully saturated rings. The molecule has 1 rings (SSSR count). The van der Waals surface area contributed by atoms with Gasteiger partial charge in [-0.25, -0.2) is 0 Å². The first-order valence-corrected chi connectivity index (χ1v) is 16.1. The van der Waals surface area contributed by atoms with Gasteiger partial charge in [-0.1, -0.05) is 103 Å². The largest absolute Gasteiger partial charge is 0.489 e. The molecule has 0 saturated heterocycles. The van der Waals surface area contributed by atoms with Crippen molar-refractivity contribution in [1.82, 2.24) is 5.32 Å². The maximum atomic E-state index is 10.9. The summed E-state index contributed by atoms with van der Waals surface area (Å²) in [5, 5.41) is 3.25. The van der Waals surface area contributed by atoms with Gasteiger partial charge in [-0.05, 0) is 50.4 Å². The van der Waals surface area contributed by atoms with E-state index in [1.54, 1.807) is 0 Å². The third kappa shape index (κ3) is 19.8. The summed E-state index contributed by atoms with van der Waals surface area (Å²) in [4.78, 5) is 20.9. The van der Waals surface area contributed by atoms with Gasteiger partial charge in [0, 0.05) is 0 Å². The monoisotopic (exact) mass is 555 g/mol. The number of rotatable bonds is 28. The van der Waals surface area contributed by atoms with E-state index in [0.717, 1.165) is 50.1 Å². The molecule has 2 unspecified atom stereocenters. The molecule has 2 atom stereocenters. The molecule has 0 bridgehead atoms. The Hall–Kier alpha value is -1.24. The molecule has 7 nitrogen and oxygen atoms in total. The quantitative estimate of drug-likeness (QED) is 0.0629. The molecule has 0 aliphatic rings. The van der Waals surface area contributed by atoms with Gasteiger partial charge in [0.05, 0.1) is 13.2 Å². The average Bonchev–Trinajstić information content (AvgIpc) is 2.93. The number of benzene rings is 1. The van der Waals surface area contributed by atoms with Crippen LogP contribution in [-0.4, -0.2) is 50.4 Å². The minimum Gasteiger partial charge on any atom is -0.489 e. The summed E-state index contributed by atoms with van der Waals surface area (Å²) in [7, 11) is -2.01. The number of carbonyl (C=O) groups excluding carboxylic acids is 1. The number of hydrogen-bond acceptors (Lipinski definition) is 7. The van der Waals surface area contributed by atoms with Crippen LogP contribution in [0.5, 0.6) is 5.75 Å². The Kier molecular flexibility index (Phi) is 23.8. The summed E-state index contributed by atoms with van der Waals surface area (Å²) in [6, 6.07) is 8.02. The predicted octanol–water partition coefficient (Wildman–Crippen LogP) is 7.49. The average molecular weight is 556 g/mol. The van der Waals surface area contributed by atoms with E-state index < -0.39 is 14.7 Å². The van der Waals surface area contributed by atoms with Crippen LogP contribution in [0.1, 0.15) is 109 Å². The Bertz CT molecular complexity index is 665. The molecule has 0 spiro atoms. The zero-order valence-corrected chi connectivity index (χ0v) is 24.9. The molecule has 0 amide bonds. The summed E-state index contributed by atoms with van der Waals surface area (Å²) in [5.74, 6) is 0.804. The fraction of sp³-hybridized carbons (Fsp3) is 0.767. The predicted molar refractivity (Wildman–Crippen MR) is 156 cm³/mol. The van der Waals surface area contributed by atoms with Crippen LogP contribution in [-0.2, 0) is 25.0 Å². The first-order valence-electron chi connectivity index (χ1n) is 15.0. The van der Waals surface area contributed by atoms with Crippen LogP contribution in [0.2, 0.25) is 0 Å². The van der Waals surface area contributed by atoms with Crippen LogP contribution in [0.3, 0.4) is 0 Å². The number of unbranched alkanes of at least 4 members (excludes halogenated alkanes) is 12. The van der Waals surface area contributed by atoms with Crippen molar-refractivity contribution in [1.29, 1.82) is 0 Å². The normalized spacial score (nSPS) is 12.8. The van der Waals surface area contributed by atoms with Crippen LogP contribution >= 0.6 is 8.60 Å². The Morgan fingerprint density at radius 1 is 0.842 bits per heavy atom. The van der Waals surface area contributed by atoms with E-state index in [2.05, 4.69) is 25.2 Å². The van der Waals surface area contributed by atoms with Gasteiger partial charge in [0.1, 0.15) is 12.4 Å².